The molecule has 2 bridgehead atoms. The molecule has 1 fully saturated rings. The molecule has 148 valence electrons. The largest absolute Gasteiger partial charge is 0.298 e. The number of hydrogen-bond acceptors (Lipinski definition) is 4. The van der Waals surface area contributed by atoms with Crippen molar-refractivity contribution in [3.63, 3.8) is 0 Å². The van der Waals surface area contributed by atoms with E-state index in [0.717, 1.165) is 29.9 Å². The predicted octanol–water partition coefficient (Wildman–Crippen LogP) is 4.54. The lowest BCUT2D eigenvalue weighted by molar-refractivity contribution is 0.164. The summed E-state index contributed by atoms with van der Waals surface area (Å²) in [6.45, 7) is 4.22. The zero-order chi connectivity index (χ0) is 20.0. The van der Waals surface area contributed by atoms with Crippen molar-refractivity contribution in [3.8, 4) is 0 Å². The SMILES string of the molecule is CC1(C)[C@H]2C=C(NN(c3ccccc3)c3ccccc3)[C@@]1(CS(=O)(=O)O)CC2. The molecular formula is C22H26N2O3S. The number of fused-ring (bicyclic) bond motifs is 2. The van der Waals surface area contributed by atoms with Gasteiger partial charge in [0, 0.05) is 11.1 Å². The first-order valence-electron chi connectivity index (χ1n) is 9.57. The summed E-state index contributed by atoms with van der Waals surface area (Å²) in [5, 5.41) is 1.98. The molecule has 28 heavy (non-hydrogen) atoms. The van der Waals surface area contributed by atoms with Gasteiger partial charge in [0.25, 0.3) is 10.1 Å². The lowest BCUT2D eigenvalue weighted by atomic mass is 9.69. The van der Waals surface area contributed by atoms with Crippen LogP contribution in [0.3, 0.4) is 0 Å². The molecule has 2 atom stereocenters. The number of rotatable bonds is 6. The molecule has 1 saturated carbocycles. The summed E-state index contributed by atoms with van der Waals surface area (Å²) >= 11 is 0. The Bertz CT molecular complexity index is 947. The second kappa shape index (κ2) is 6.64. The molecule has 0 amide bonds. The molecule has 0 radical (unpaired) electrons. The van der Waals surface area contributed by atoms with E-state index in [0.29, 0.717) is 0 Å². The topological polar surface area (TPSA) is 69.6 Å². The van der Waals surface area contributed by atoms with Crippen LogP contribution < -0.4 is 10.4 Å². The maximum Gasteiger partial charge on any atom is 0.265 e. The van der Waals surface area contributed by atoms with Crippen molar-refractivity contribution in [2.45, 2.75) is 26.7 Å². The van der Waals surface area contributed by atoms with Crippen LogP contribution in [0.5, 0.6) is 0 Å². The average molecular weight is 399 g/mol. The number of benzene rings is 2. The van der Waals surface area contributed by atoms with Gasteiger partial charge in [-0.1, -0.05) is 56.3 Å². The molecule has 2 aromatic rings. The standard InChI is InChI=1S/C22H26N2O3S/c1-21(2)17-13-14-22(21,16-28(25,26)27)20(15-17)23-24(18-9-5-3-6-10-18)19-11-7-4-8-12-19/h3-12,15,17,23H,13-14,16H2,1-2H3,(H,25,26,27)/t17-,22+/m1/s1. The van der Waals surface area contributed by atoms with Crippen molar-refractivity contribution in [1.29, 1.82) is 0 Å². The monoisotopic (exact) mass is 398 g/mol. The summed E-state index contributed by atoms with van der Waals surface area (Å²) in [4.78, 5) is 0. The van der Waals surface area contributed by atoms with Crippen LogP contribution in [-0.2, 0) is 10.1 Å². The van der Waals surface area contributed by atoms with Crippen LogP contribution >= 0.6 is 0 Å². The molecule has 2 aliphatic rings. The van der Waals surface area contributed by atoms with E-state index in [1.807, 2.05) is 65.7 Å². The van der Waals surface area contributed by atoms with Gasteiger partial charge < -0.3 is 0 Å². The molecular weight excluding hydrogens is 372 g/mol. The highest BCUT2D eigenvalue weighted by atomic mass is 32.2. The first-order chi connectivity index (χ1) is 13.2. The number of hydrazine groups is 1. The fourth-order valence-corrected chi connectivity index (χ4v) is 6.21. The van der Waals surface area contributed by atoms with Gasteiger partial charge in [-0.05, 0) is 48.4 Å². The molecule has 2 aromatic carbocycles. The Labute approximate surface area is 166 Å². The first-order valence-corrected chi connectivity index (χ1v) is 11.2. The average Bonchev–Trinajstić information content (AvgIpc) is 3.01. The van der Waals surface area contributed by atoms with Crippen molar-refractivity contribution >= 4 is 21.5 Å². The van der Waals surface area contributed by atoms with Gasteiger partial charge in [0.05, 0.1) is 17.1 Å². The minimum Gasteiger partial charge on any atom is -0.298 e. The lowest BCUT2D eigenvalue weighted by Crippen LogP contribution is -2.46. The summed E-state index contributed by atoms with van der Waals surface area (Å²) in [7, 11) is -4.12. The number of para-hydroxylation sites is 2. The quantitative estimate of drug-likeness (QED) is 0.552. The smallest absolute Gasteiger partial charge is 0.265 e. The highest BCUT2D eigenvalue weighted by molar-refractivity contribution is 7.85. The van der Waals surface area contributed by atoms with Crippen LogP contribution in [0.1, 0.15) is 26.7 Å². The van der Waals surface area contributed by atoms with E-state index in [2.05, 4.69) is 25.3 Å². The van der Waals surface area contributed by atoms with Gasteiger partial charge in [-0.2, -0.15) is 8.42 Å². The molecule has 0 heterocycles. The summed E-state index contributed by atoms with van der Waals surface area (Å²) in [5.41, 5.74) is 5.43. The minimum absolute atomic E-state index is 0.246. The van der Waals surface area contributed by atoms with Crippen LogP contribution in [0.25, 0.3) is 0 Å². The Balaban J connectivity index is 1.76. The fourth-order valence-electron chi connectivity index (χ4n) is 4.92. The normalized spacial score (nSPS) is 25.4. The van der Waals surface area contributed by atoms with Gasteiger partial charge in [-0.3, -0.25) is 15.0 Å². The van der Waals surface area contributed by atoms with Crippen molar-refractivity contribution in [2.24, 2.45) is 16.7 Å². The molecule has 0 aromatic heterocycles. The van der Waals surface area contributed by atoms with Crippen LogP contribution in [0, 0.1) is 16.7 Å². The number of allylic oxidation sites excluding steroid dienone is 2. The Hall–Kier alpha value is -2.31. The summed E-state index contributed by atoms with van der Waals surface area (Å²) < 4.78 is 33.5. The van der Waals surface area contributed by atoms with Crippen LogP contribution in [0.15, 0.2) is 72.4 Å². The predicted molar refractivity (Wildman–Crippen MR) is 112 cm³/mol. The molecule has 2 N–H and O–H groups in total. The number of nitrogens with one attached hydrogen (secondary N) is 1. The molecule has 4 rings (SSSR count). The van der Waals surface area contributed by atoms with Crippen LogP contribution in [0.2, 0.25) is 0 Å². The van der Waals surface area contributed by atoms with Gasteiger partial charge in [0.1, 0.15) is 0 Å². The van der Waals surface area contributed by atoms with Crippen molar-refractivity contribution in [2.75, 3.05) is 10.8 Å². The van der Waals surface area contributed by atoms with Crippen LogP contribution in [-0.4, -0.2) is 18.7 Å². The van der Waals surface area contributed by atoms with E-state index < -0.39 is 15.5 Å². The van der Waals surface area contributed by atoms with Gasteiger partial charge >= 0.3 is 0 Å². The van der Waals surface area contributed by atoms with Crippen molar-refractivity contribution in [3.05, 3.63) is 72.4 Å². The minimum atomic E-state index is -4.12. The fraction of sp³-hybridized carbons (Fsp3) is 0.364. The zero-order valence-electron chi connectivity index (χ0n) is 16.2. The molecule has 0 unspecified atom stereocenters. The van der Waals surface area contributed by atoms with Crippen molar-refractivity contribution in [1.82, 2.24) is 5.43 Å². The van der Waals surface area contributed by atoms with Crippen molar-refractivity contribution < 1.29 is 13.0 Å². The Morgan fingerprint density at radius 3 is 2.04 bits per heavy atom. The Morgan fingerprint density at radius 1 is 1.04 bits per heavy atom. The van der Waals surface area contributed by atoms with E-state index in [9.17, 15) is 13.0 Å². The Kier molecular flexibility index (Phi) is 4.51. The van der Waals surface area contributed by atoms with Gasteiger partial charge in [0.15, 0.2) is 0 Å². The summed E-state index contributed by atoms with van der Waals surface area (Å²) in [6.07, 6.45) is 3.83. The van der Waals surface area contributed by atoms with Gasteiger partial charge in [-0.25, -0.2) is 0 Å². The second-order valence-corrected chi connectivity index (χ2v) is 9.83. The summed E-state index contributed by atoms with van der Waals surface area (Å²) in [5.74, 6) is 0.0184. The molecule has 0 aliphatic heterocycles. The maximum absolute atomic E-state index is 11.9. The Morgan fingerprint density at radius 2 is 1.57 bits per heavy atom. The van der Waals surface area contributed by atoms with E-state index >= 15 is 0 Å². The number of nitrogens with zero attached hydrogens (tertiary/aromatic N) is 1. The number of hydrogen-bond donors (Lipinski definition) is 2. The zero-order valence-corrected chi connectivity index (χ0v) is 17.0. The van der Waals surface area contributed by atoms with E-state index in [4.69, 9.17) is 0 Å². The molecule has 2 aliphatic carbocycles. The first kappa shape index (κ1) is 19.0. The van der Waals surface area contributed by atoms with E-state index in [1.165, 1.54) is 0 Å². The third kappa shape index (κ3) is 3.10. The molecule has 0 saturated heterocycles. The number of anilines is 2. The molecule has 5 nitrogen and oxygen atoms in total. The van der Waals surface area contributed by atoms with Gasteiger partial charge in [0.2, 0.25) is 0 Å². The molecule has 0 spiro atoms. The lowest BCUT2D eigenvalue weighted by Gasteiger charge is -2.42. The molecule has 6 heteroatoms. The van der Waals surface area contributed by atoms with E-state index in [1.54, 1.807) is 0 Å². The maximum atomic E-state index is 11.9. The summed E-state index contributed by atoms with van der Waals surface area (Å²) in [6, 6.07) is 19.9. The highest BCUT2D eigenvalue weighted by Gasteiger charge is 2.62. The third-order valence-corrected chi connectivity index (χ3v) is 7.47. The highest BCUT2D eigenvalue weighted by Crippen LogP contribution is 2.65. The van der Waals surface area contributed by atoms with Gasteiger partial charge in [-0.15, -0.1) is 0 Å². The second-order valence-electron chi connectivity index (χ2n) is 8.37. The van der Waals surface area contributed by atoms with E-state index in [-0.39, 0.29) is 17.1 Å². The third-order valence-electron chi connectivity index (χ3n) is 6.62. The van der Waals surface area contributed by atoms with Crippen LogP contribution in [0.4, 0.5) is 11.4 Å².